The van der Waals surface area contributed by atoms with Gasteiger partial charge in [-0.15, -0.1) is 0 Å². The summed E-state index contributed by atoms with van der Waals surface area (Å²) in [4.78, 5) is 27.4. The van der Waals surface area contributed by atoms with Gasteiger partial charge in [0, 0.05) is 12.1 Å². The number of hydrogen-bond acceptors (Lipinski definition) is 3. The van der Waals surface area contributed by atoms with Crippen molar-refractivity contribution in [3.8, 4) is 0 Å². The molecule has 1 aliphatic rings. The molecule has 2 amide bonds. The predicted molar refractivity (Wildman–Crippen MR) is 104 cm³/mol. The quantitative estimate of drug-likeness (QED) is 0.861. The molecule has 0 radical (unpaired) electrons. The van der Waals surface area contributed by atoms with Crippen LogP contribution in [-0.4, -0.2) is 42.5 Å². The molecule has 148 valence electrons. The first kappa shape index (κ1) is 20.0. The van der Waals surface area contributed by atoms with Gasteiger partial charge in [0.2, 0.25) is 5.91 Å². The zero-order valence-corrected chi connectivity index (χ0v) is 16.1. The number of carbonyl (C=O) groups is 2. The van der Waals surface area contributed by atoms with Crippen LogP contribution in [0.15, 0.2) is 54.6 Å². The van der Waals surface area contributed by atoms with E-state index in [2.05, 4.69) is 5.32 Å². The summed E-state index contributed by atoms with van der Waals surface area (Å²) in [5.41, 5.74) is 1.35. The fourth-order valence-electron chi connectivity index (χ4n) is 3.25. The highest BCUT2D eigenvalue weighted by atomic mass is 19.1. The fourth-order valence-corrected chi connectivity index (χ4v) is 3.25. The number of nitrogens with zero attached hydrogens (tertiary/aromatic N) is 1. The number of carbonyl (C=O) groups excluding carboxylic acids is 2. The number of benzene rings is 2. The minimum atomic E-state index is -0.660. The molecule has 1 aliphatic heterocycles. The molecule has 28 heavy (non-hydrogen) atoms. The van der Waals surface area contributed by atoms with Crippen molar-refractivity contribution in [2.45, 2.75) is 26.0 Å². The molecule has 2 unspecified atom stereocenters. The number of amides is 2. The molecule has 1 heterocycles. The maximum atomic E-state index is 13.1. The molecule has 0 saturated carbocycles. The van der Waals surface area contributed by atoms with Gasteiger partial charge in [0.15, 0.2) is 0 Å². The van der Waals surface area contributed by atoms with Crippen LogP contribution in [0, 0.1) is 11.7 Å². The summed E-state index contributed by atoms with van der Waals surface area (Å²) in [6.45, 7) is 5.16. The zero-order chi connectivity index (χ0) is 20.1. The van der Waals surface area contributed by atoms with Crippen molar-refractivity contribution in [2.24, 2.45) is 5.92 Å². The second kappa shape index (κ2) is 8.97. The summed E-state index contributed by atoms with van der Waals surface area (Å²) in [6, 6.07) is 14.4. The Kier molecular flexibility index (Phi) is 6.41. The third kappa shape index (κ3) is 4.75. The fraction of sp³-hybridized carbons (Fsp3) is 0.364. The third-order valence-electron chi connectivity index (χ3n) is 4.88. The molecule has 1 fully saturated rings. The average molecular weight is 384 g/mol. The Morgan fingerprint density at radius 2 is 1.79 bits per heavy atom. The Bertz CT molecular complexity index is 808. The molecule has 0 bridgehead atoms. The number of morpholine rings is 1. The normalized spacial score (nSPS) is 18.0. The van der Waals surface area contributed by atoms with Crippen molar-refractivity contribution in [3.05, 3.63) is 71.5 Å². The van der Waals surface area contributed by atoms with Crippen molar-refractivity contribution < 1.29 is 18.7 Å². The van der Waals surface area contributed by atoms with E-state index < -0.39 is 11.9 Å². The molecule has 2 aromatic rings. The number of halogens is 1. The minimum Gasteiger partial charge on any atom is -0.370 e. The Morgan fingerprint density at radius 1 is 1.11 bits per heavy atom. The summed E-state index contributed by atoms with van der Waals surface area (Å²) in [7, 11) is 0. The van der Waals surface area contributed by atoms with E-state index in [-0.39, 0.29) is 23.8 Å². The van der Waals surface area contributed by atoms with Crippen LogP contribution in [0.4, 0.5) is 4.39 Å². The molecule has 0 spiro atoms. The summed E-state index contributed by atoms with van der Waals surface area (Å²) >= 11 is 0. The van der Waals surface area contributed by atoms with Crippen LogP contribution in [0.1, 0.15) is 35.9 Å². The molecule has 1 saturated heterocycles. The highest BCUT2D eigenvalue weighted by Gasteiger charge is 2.32. The monoisotopic (exact) mass is 384 g/mol. The zero-order valence-electron chi connectivity index (χ0n) is 16.1. The minimum absolute atomic E-state index is 0.0880. The standard InChI is InChI=1S/C22H25FN2O3/c1-15(2)20(24-21(26)17-8-10-18(23)11-9-17)22(27)25-12-13-28-19(14-25)16-6-4-3-5-7-16/h3-11,15,19-20H,12-14H2,1-2H3,(H,24,26). The van der Waals surface area contributed by atoms with E-state index in [0.29, 0.717) is 25.3 Å². The lowest BCUT2D eigenvalue weighted by atomic mass is 10.0. The first-order valence-corrected chi connectivity index (χ1v) is 9.47. The van der Waals surface area contributed by atoms with E-state index in [1.54, 1.807) is 4.90 Å². The highest BCUT2D eigenvalue weighted by Crippen LogP contribution is 2.23. The summed E-state index contributed by atoms with van der Waals surface area (Å²) in [5.74, 6) is -1.02. The van der Waals surface area contributed by atoms with Gasteiger partial charge in [0.05, 0.1) is 13.2 Å². The van der Waals surface area contributed by atoms with E-state index in [0.717, 1.165) is 5.56 Å². The summed E-state index contributed by atoms with van der Waals surface area (Å²) in [6.07, 6.45) is -0.181. The van der Waals surface area contributed by atoms with Gasteiger partial charge >= 0.3 is 0 Å². The predicted octanol–water partition coefficient (Wildman–Crippen LogP) is 3.18. The van der Waals surface area contributed by atoms with Crippen molar-refractivity contribution >= 4 is 11.8 Å². The molecule has 2 aromatic carbocycles. The van der Waals surface area contributed by atoms with Gasteiger partial charge in [-0.3, -0.25) is 9.59 Å². The van der Waals surface area contributed by atoms with Crippen LogP contribution < -0.4 is 5.32 Å². The summed E-state index contributed by atoms with van der Waals surface area (Å²) < 4.78 is 18.9. The van der Waals surface area contributed by atoms with Gasteiger partial charge in [0.25, 0.3) is 5.91 Å². The molecule has 1 N–H and O–H groups in total. The van der Waals surface area contributed by atoms with E-state index in [1.807, 2.05) is 44.2 Å². The lowest BCUT2D eigenvalue weighted by Gasteiger charge is -2.36. The molecular formula is C22H25FN2O3. The van der Waals surface area contributed by atoms with Gasteiger partial charge in [-0.25, -0.2) is 4.39 Å². The molecule has 6 heteroatoms. The Labute approximate surface area is 164 Å². The van der Waals surface area contributed by atoms with Gasteiger partial charge in [-0.1, -0.05) is 44.2 Å². The first-order chi connectivity index (χ1) is 13.5. The third-order valence-corrected chi connectivity index (χ3v) is 4.88. The van der Waals surface area contributed by atoms with Crippen LogP contribution in [0.2, 0.25) is 0 Å². The van der Waals surface area contributed by atoms with E-state index in [1.165, 1.54) is 24.3 Å². The van der Waals surface area contributed by atoms with Crippen molar-refractivity contribution in [2.75, 3.05) is 19.7 Å². The van der Waals surface area contributed by atoms with Crippen LogP contribution >= 0.6 is 0 Å². The Morgan fingerprint density at radius 3 is 2.43 bits per heavy atom. The second-order valence-electron chi connectivity index (χ2n) is 7.26. The van der Waals surface area contributed by atoms with E-state index in [9.17, 15) is 14.0 Å². The first-order valence-electron chi connectivity index (χ1n) is 9.47. The maximum Gasteiger partial charge on any atom is 0.251 e. The molecule has 0 aliphatic carbocycles. The van der Waals surface area contributed by atoms with Crippen molar-refractivity contribution in [1.29, 1.82) is 0 Å². The van der Waals surface area contributed by atoms with Gasteiger partial charge < -0.3 is 15.0 Å². The molecule has 3 rings (SSSR count). The van der Waals surface area contributed by atoms with Crippen LogP contribution in [0.25, 0.3) is 0 Å². The largest absolute Gasteiger partial charge is 0.370 e. The van der Waals surface area contributed by atoms with Crippen LogP contribution in [-0.2, 0) is 9.53 Å². The van der Waals surface area contributed by atoms with Crippen molar-refractivity contribution in [1.82, 2.24) is 10.2 Å². The number of hydrogen-bond donors (Lipinski definition) is 1. The van der Waals surface area contributed by atoms with E-state index >= 15 is 0 Å². The molecule has 0 aromatic heterocycles. The van der Waals surface area contributed by atoms with Crippen molar-refractivity contribution in [3.63, 3.8) is 0 Å². The number of nitrogens with one attached hydrogen (secondary N) is 1. The molecule has 5 nitrogen and oxygen atoms in total. The highest BCUT2D eigenvalue weighted by molar-refractivity contribution is 5.97. The van der Waals surface area contributed by atoms with Gasteiger partial charge in [-0.2, -0.15) is 0 Å². The Balaban J connectivity index is 1.70. The van der Waals surface area contributed by atoms with Gasteiger partial charge in [0.1, 0.15) is 18.0 Å². The number of ether oxygens (including phenoxy) is 1. The lowest BCUT2D eigenvalue weighted by molar-refractivity contribution is -0.142. The molecule has 2 atom stereocenters. The SMILES string of the molecule is CC(C)C(NC(=O)c1ccc(F)cc1)C(=O)N1CCOC(c2ccccc2)C1. The average Bonchev–Trinajstić information content (AvgIpc) is 2.72. The topological polar surface area (TPSA) is 58.6 Å². The van der Waals surface area contributed by atoms with E-state index in [4.69, 9.17) is 4.74 Å². The summed E-state index contributed by atoms with van der Waals surface area (Å²) in [5, 5.41) is 2.81. The van der Waals surface area contributed by atoms with Crippen LogP contribution in [0.3, 0.4) is 0 Å². The van der Waals surface area contributed by atoms with Crippen LogP contribution in [0.5, 0.6) is 0 Å². The maximum absolute atomic E-state index is 13.1. The second-order valence-corrected chi connectivity index (χ2v) is 7.26. The lowest BCUT2D eigenvalue weighted by Crippen LogP contribution is -2.54. The van der Waals surface area contributed by atoms with Gasteiger partial charge in [-0.05, 0) is 35.7 Å². The smallest absolute Gasteiger partial charge is 0.251 e. The molecular weight excluding hydrogens is 359 g/mol. The number of rotatable bonds is 5. The Hall–Kier alpha value is -2.73.